The maximum Gasteiger partial charge on any atom is 0.197 e. The first-order valence-electron chi connectivity index (χ1n) is 41.2. The predicted molar refractivity (Wildman–Crippen MR) is 451 cm³/mol. The van der Waals surface area contributed by atoms with Crippen LogP contribution < -0.4 is 56.8 Å². The third-order valence-corrected chi connectivity index (χ3v) is 22.9. The molecule has 12 atom stereocenters. The van der Waals surface area contributed by atoms with Gasteiger partial charge in [-0.3, -0.25) is 0 Å². The van der Waals surface area contributed by atoms with Crippen molar-refractivity contribution in [2.24, 2.45) is 0 Å². The monoisotopic (exact) mass is 1650 g/mol. The van der Waals surface area contributed by atoms with Crippen LogP contribution in [0.2, 0.25) is 0 Å². The number of rotatable bonds is 20. The Morgan fingerprint density at radius 2 is 0.425 bits per heavy atom. The van der Waals surface area contributed by atoms with E-state index in [1.165, 1.54) is 25.0 Å². The van der Waals surface area contributed by atoms with Crippen molar-refractivity contribution in [2.75, 3.05) is 106 Å². The molecule has 0 amide bonds. The van der Waals surface area contributed by atoms with Crippen molar-refractivity contribution in [3.05, 3.63) is 237 Å². The highest BCUT2D eigenvalue weighted by molar-refractivity contribution is 5.66. The van der Waals surface area contributed by atoms with E-state index < -0.39 is 72.5 Å². The molecule has 24 heteroatoms. The number of phenolic OH excluding ortho intramolecular Hbond substituents is 4. The fourth-order valence-corrected chi connectivity index (χ4v) is 16.4. The molecule has 12 aliphatic heterocycles. The minimum Gasteiger partial charge on any atom is -0.508 e. The van der Waals surface area contributed by atoms with E-state index in [1.807, 2.05) is 76.2 Å². The van der Waals surface area contributed by atoms with Crippen molar-refractivity contribution in [3.63, 3.8) is 0 Å². The van der Waals surface area contributed by atoms with Crippen molar-refractivity contribution < 1.29 is 115 Å². The van der Waals surface area contributed by atoms with Crippen LogP contribution in [0, 0.1) is 0 Å². The van der Waals surface area contributed by atoms with Gasteiger partial charge in [0.25, 0.3) is 0 Å². The van der Waals surface area contributed by atoms with Gasteiger partial charge in [-0.15, -0.1) is 0 Å². The Labute approximate surface area is 702 Å². The van der Waals surface area contributed by atoms with Gasteiger partial charge in [0.2, 0.25) is 0 Å². The molecule has 8 aromatic carbocycles. The van der Waals surface area contributed by atoms with Crippen molar-refractivity contribution in [2.45, 2.75) is 156 Å². The summed E-state index contributed by atoms with van der Waals surface area (Å²) in [6.45, 7) is 39.1. The van der Waals surface area contributed by atoms with E-state index in [-0.39, 0.29) is 129 Å². The summed E-state index contributed by atoms with van der Waals surface area (Å²) in [6.07, 6.45) is 1.54. The Balaban J connectivity index is 1.16. The lowest BCUT2D eigenvalue weighted by Crippen LogP contribution is -2.23. The van der Waals surface area contributed by atoms with Crippen LogP contribution in [0.3, 0.4) is 0 Å². The maximum atomic E-state index is 12.7. The molecule has 640 valence electrons. The van der Waals surface area contributed by atoms with E-state index in [1.54, 1.807) is 52.0 Å². The summed E-state index contributed by atoms with van der Waals surface area (Å²) in [5.41, 5.74) is 9.75. The summed E-state index contributed by atoms with van der Waals surface area (Å²) in [7, 11) is 0. The van der Waals surface area contributed by atoms with Gasteiger partial charge in [-0.05, 0) is 76.2 Å². The van der Waals surface area contributed by atoms with Gasteiger partial charge in [0, 0.05) is 185 Å². The highest BCUT2D eigenvalue weighted by Gasteiger charge is 2.37. The summed E-state index contributed by atoms with van der Waals surface area (Å²) in [5.74, 6) is -1.24. The van der Waals surface area contributed by atoms with Crippen LogP contribution in [-0.2, 0) is 37.9 Å². The molecule has 2 aliphatic carbocycles. The van der Waals surface area contributed by atoms with Crippen LogP contribution in [0.5, 0.6) is 92.0 Å². The molecule has 120 heavy (non-hydrogen) atoms. The van der Waals surface area contributed by atoms with Gasteiger partial charge in [0.1, 0.15) is 171 Å². The standard InChI is InChI=1S/C96H112O24/c1-17-101-21-25-109-89-49-93-77-41-73(89)57(9)78-42-74-59(11)80-44-76-60(12)79-43-75(58(77)10)91(111-27-23-103-19-3)51-95(79)119-63(15)107-31-35-115-87-47-83(99)66-38-71(87)56(8)68-40-72(88(48-84(68)100)116-36-32-108-64(16)120-96(80)52-92(76)112-28-24-104-20-4)55(7)67-39-70(54(6)65-37-69(53(66)5)85(45-81(65)97)113-33-29-105-61(13)117-93)86(46-82(67)98)114-34-30-106-62(14)118-94(78)50-90(74)110-26-22-102-18-2/h17-20,37-64,97-100H,1-4,21-36H2,5-16H3. The average Bonchev–Trinajstić information content (AvgIpc) is 0.626. The number of hydrogen-bond acceptors (Lipinski definition) is 24. The molecule has 12 unspecified atom stereocenters. The summed E-state index contributed by atoms with van der Waals surface area (Å²) >= 11 is 0. The minimum absolute atomic E-state index is 0.0313. The minimum atomic E-state index is -0.980. The fourth-order valence-electron chi connectivity index (χ4n) is 16.4. The summed E-state index contributed by atoms with van der Waals surface area (Å²) in [5, 5.41) is 50.8. The van der Waals surface area contributed by atoms with Gasteiger partial charge in [0.15, 0.2) is 25.2 Å². The average molecular weight is 1650 g/mol. The molecule has 8 aromatic rings. The van der Waals surface area contributed by atoms with Gasteiger partial charge < -0.3 is 115 Å². The predicted octanol–water partition coefficient (Wildman–Crippen LogP) is 18.7. The molecular formula is C96H112O24. The third kappa shape index (κ3) is 19.2. The zero-order valence-electron chi connectivity index (χ0n) is 70.6. The smallest absolute Gasteiger partial charge is 0.197 e. The lowest BCUT2D eigenvalue weighted by atomic mass is 9.80. The molecule has 24 nitrogen and oxygen atoms in total. The Bertz CT molecular complexity index is 4360. The van der Waals surface area contributed by atoms with Gasteiger partial charge >= 0.3 is 0 Å². The van der Waals surface area contributed by atoms with Crippen LogP contribution in [0.15, 0.2) is 148 Å². The van der Waals surface area contributed by atoms with E-state index in [2.05, 4.69) is 78.3 Å². The molecule has 0 saturated carbocycles. The molecule has 24 bridgehead atoms. The summed E-state index contributed by atoms with van der Waals surface area (Å²) < 4.78 is 134. The Morgan fingerprint density at radius 1 is 0.242 bits per heavy atom. The van der Waals surface area contributed by atoms with Gasteiger partial charge in [-0.1, -0.05) is 81.7 Å². The molecule has 14 aliphatic rings. The topological polar surface area (TPSA) is 266 Å². The third-order valence-electron chi connectivity index (χ3n) is 22.9. The van der Waals surface area contributed by atoms with E-state index in [0.29, 0.717) is 158 Å². The number of aromatic hydroxyl groups is 4. The van der Waals surface area contributed by atoms with Crippen molar-refractivity contribution in [1.82, 2.24) is 0 Å². The normalized spacial score (nSPS) is 22.2. The second-order valence-corrected chi connectivity index (χ2v) is 30.4. The second-order valence-electron chi connectivity index (χ2n) is 30.4. The first kappa shape index (κ1) is 86.4. The molecule has 0 radical (unpaired) electrons. The van der Waals surface area contributed by atoms with Crippen LogP contribution in [-0.4, -0.2) is 151 Å². The van der Waals surface area contributed by atoms with Crippen molar-refractivity contribution in [3.8, 4) is 92.0 Å². The lowest BCUT2D eigenvalue weighted by molar-refractivity contribution is -0.0747. The number of ether oxygens (including phenoxy) is 20. The number of hydrogen-bond donors (Lipinski definition) is 4. The van der Waals surface area contributed by atoms with E-state index in [0.717, 1.165) is 0 Å². The quantitative estimate of drug-likeness (QED) is 0.0408. The molecular weight excluding hydrogens is 1540 g/mol. The number of fused-ring (bicyclic) bond motifs is 5. The first-order valence-corrected chi connectivity index (χ1v) is 41.2. The zero-order chi connectivity index (χ0) is 85.0. The van der Waals surface area contributed by atoms with Gasteiger partial charge in [-0.25, -0.2) is 0 Å². The Kier molecular flexibility index (Phi) is 28.2. The zero-order valence-corrected chi connectivity index (χ0v) is 70.6. The SMILES string of the molecule is C=COCCOc1cc2c3cc1C(C)c1cc4c(OCCOC=C)cc1OC(C)OCCOc1cc(O)c5cc1C(C)c1cc(c(cc1O)OCCOC(C)O2)C(C)c1cc2c(cc1O)OCCOC(C)Oc1cc(OCCOC=C)c(cc1C(C)c1cc(c(cc1OCCOC=C)OC(C)OCCOc1cc(O)c(cc1C5C)C2C)C4C)C3C. The highest BCUT2D eigenvalue weighted by Crippen LogP contribution is 2.55. The first-order chi connectivity index (χ1) is 58.0. The highest BCUT2D eigenvalue weighted by atomic mass is 16.7. The number of phenols is 4. The van der Waals surface area contributed by atoms with Gasteiger partial charge in [0.05, 0.1) is 51.5 Å². The lowest BCUT2D eigenvalue weighted by Gasteiger charge is -2.31. The van der Waals surface area contributed by atoms with Crippen LogP contribution in [0.1, 0.15) is 219 Å². The van der Waals surface area contributed by atoms with E-state index in [4.69, 9.17) is 94.7 Å². The van der Waals surface area contributed by atoms with Crippen molar-refractivity contribution in [1.29, 1.82) is 0 Å². The van der Waals surface area contributed by atoms with Crippen molar-refractivity contribution >= 4 is 0 Å². The molecule has 12 heterocycles. The molecule has 0 spiro atoms. The van der Waals surface area contributed by atoms with Crippen LogP contribution >= 0.6 is 0 Å². The summed E-state index contributed by atoms with van der Waals surface area (Å²) in [6, 6.07) is 29.7. The van der Waals surface area contributed by atoms with E-state index in [9.17, 15) is 20.4 Å². The van der Waals surface area contributed by atoms with Crippen LogP contribution in [0.4, 0.5) is 0 Å². The second kappa shape index (κ2) is 39.2. The van der Waals surface area contributed by atoms with Crippen LogP contribution in [0.25, 0.3) is 0 Å². The fraction of sp³-hybridized carbons (Fsp3) is 0.417. The Hall–Kier alpha value is -11.4. The number of benzene rings is 8. The maximum absolute atomic E-state index is 12.7. The molecule has 22 rings (SSSR count). The molecule has 0 aromatic heterocycles. The summed E-state index contributed by atoms with van der Waals surface area (Å²) in [4.78, 5) is 0. The Morgan fingerprint density at radius 3 is 0.625 bits per heavy atom. The molecule has 0 saturated heterocycles. The molecule has 0 fully saturated rings. The largest absolute Gasteiger partial charge is 0.508 e. The van der Waals surface area contributed by atoms with E-state index >= 15 is 0 Å². The van der Waals surface area contributed by atoms with Gasteiger partial charge in [-0.2, -0.15) is 0 Å². The molecule has 4 N–H and O–H groups in total.